The van der Waals surface area contributed by atoms with Gasteiger partial charge in [-0.15, -0.1) is 11.3 Å². The quantitative estimate of drug-likeness (QED) is 0.559. The zero-order valence-corrected chi connectivity index (χ0v) is 18.6. The van der Waals surface area contributed by atoms with E-state index in [9.17, 15) is 18.4 Å². The first-order valence-electron chi connectivity index (χ1n) is 10.6. The van der Waals surface area contributed by atoms with Gasteiger partial charge in [-0.3, -0.25) is 9.59 Å². The second-order valence-electron chi connectivity index (χ2n) is 7.79. The monoisotopic (exact) mass is 471 g/mol. The van der Waals surface area contributed by atoms with Crippen LogP contribution in [0.25, 0.3) is 0 Å². The Morgan fingerprint density at radius 2 is 1.88 bits per heavy atom. The van der Waals surface area contributed by atoms with Crippen molar-refractivity contribution >= 4 is 28.3 Å². The molecule has 0 unspecified atom stereocenters. The Bertz CT molecular complexity index is 1120. The summed E-state index contributed by atoms with van der Waals surface area (Å²) in [5.74, 6) is -1.04. The summed E-state index contributed by atoms with van der Waals surface area (Å²) in [6, 6.07) is 12.6. The Labute approximate surface area is 194 Å². The highest BCUT2D eigenvalue weighted by molar-refractivity contribution is 7.15. The molecule has 1 aliphatic heterocycles. The molecule has 4 rings (SSSR count). The minimum Gasteiger partial charge on any atom is -0.484 e. The zero-order valence-electron chi connectivity index (χ0n) is 17.8. The largest absolute Gasteiger partial charge is 0.484 e. The van der Waals surface area contributed by atoms with Gasteiger partial charge < -0.3 is 15.0 Å². The van der Waals surface area contributed by atoms with Gasteiger partial charge in [-0.1, -0.05) is 24.3 Å². The predicted molar refractivity (Wildman–Crippen MR) is 121 cm³/mol. The minimum absolute atomic E-state index is 0.0303. The average molecular weight is 472 g/mol. The van der Waals surface area contributed by atoms with Crippen molar-refractivity contribution in [2.24, 2.45) is 5.92 Å². The molecule has 9 heteroatoms. The first-order chi connectivity index (χ1) is 16.0. The van der Waals surface area contributed by atoms with Crippen LogP contribution in [0.2, 0.25) is 0 Å². The fourth-order valence-electron chi connectivity index (χ4n) is 3.65. The molecule has 1 aliphatic rings. The van der Waals surface area contributed by atoms with Gasteiger partial charge in [0, 0.05) is 42.6 Å². The van der Waals surface area contributed by atoms with Crippen molar-refractivity contribution in [1.29, 1.82) is 0 Å². The number of thiazole rings is 1. The van der Waals surface area contributed by atoms with E-state index in [0.717, 1.165) is 10.9 Å². The molecule has 2 amide bonds. The highest BCUT2D eigenvalue weighted by Crippen LogP contribution is 2.25. The first-order valence-corrected chi connectivity index (χ1v) is 11.4. The molecule has 0 aliphatic carbocycles. The standard InChI is InChI=1S/C24H23F2N3O3S/c25-18-7-6-17(21(26)13-18)12-20-14-27-24(33-20)28-23(31)16-8-10-29(11-9-16)22(30)15-32-19-4-2-1-3-5-19/h1-7,13-14,16H,8-12,15H2,(H,27,28,31). The maximum atomic E-state index is 13.9. The lowest BCUT2D eigenvalue weighted by Gasteiger charge is -2.31. The van der Waals surface area contributed by atoms with E-state index < -0.39 is 11.6 Å². The highest BCUT2D eigenvalue weighted by Gasteiger charge is 2.28. The molecule has 6 nitrogen and oxygen atoms in total. The molecule has 3 aromatic rings. The number of halogens is 2. The van der Waals surface area contributed by atoms with Crippen molar-refractivity contribution in [1.82, 2.24) is 9.88 Å². The molecular formula is C24H23F2N3O3S. The van der Waals surface area contributed by atoms with E-state index >= 15 is 0 Å². The molecular weight excluding hydrogens is 448 g/mol. The molecule has 0 saturated carbocycles. The van der Waals surface area contributed by atoms with Crippen molar-refractivity contribution < 1.29 is 23.1 Å². The average Bonchev–Trinajstić information content (AvgIpc) is 3.27. The first kappa shape index (κ1) is 22.8. The lowest BCUT2D eigenvalue weighted by atomic mass is 9.96. The maximum Gasteiger partial charge on any atom is 0.260 e. The number of rotatable bonds is 7. The van der Waals surface area contributed by atoms with E-state index in [0.29, 0.717) is 42.4 Å². The summed E-state index contributed by atoms with van der Waals surface area (Å²) in [6.07, 6.45) is 2.96. The van der Waals surface area contributed by atoms with Gasteiger partial charge in [0.2, 0.25) is 5.91 Å². The summed E-state index contributed by atoms with van der Waals surface area (Å²) in [5, 5.41) is 3.26. The number of carbonyl (C=O) groups excluding carboxylic acids is 2. The molecule has 0 spiro atoms. The van der Waals surface area contributed by atoms with Crippen LogP contribution in [0, 0.1) is 17.6 Å². The summed E-state index contributed by atoms with van der Waals surface area (Å²) in [4.78, 5) is 31.7. The lowest BCUT2D eigenvalue weighted by molar-refractivity contribution is -0.136. The number of hydrogen-bond acceptors (Lipinski definition) is 5. The van der Waals surface area contributed by atoms with E-state index in [4.69, 9.17) is 4.74 Å². The Morgan fingerprint density at radius 3 is 2.61 bits per heavy atom. The van der Waals surface area contributed by atoms with Gasteiger partial charge in [0.15, 0.2) is 11.7 Å². The molecule has 1 aromatic heterocycles. The number of aromatic nitrogens is 1. The summed E-state index contributed by atoms with van der Waals surface area (Å²) in [6.45, 7) is 0.946. The number of hydrogen-bond donors (Lipinski definition) is 1. The van der Waals surface area contributed by atoms with Gasteiger partial charge in [-0.2, -0.15) is 0 Å². The molecule has 0 radical (unpaired) electrons. The summed E-state index contributed by atoms with van der Waals surface area (Å²) in [5.41, 5.74) is 0.367. The van der Waals surface area contributed by atoms with Gasteiger partial charge >= 0.3 is 0 Å². The molecule has 1 saturated heterocycles. The fraction of sp³-hybridized carbons (Fsp3) is 0.292. The number of ether oxygens (including phenoxy) is 1. The van der Waals surface area contributed by atoms with Crippen LogP contribution in [0.4, 0.5) is 13.9 Å². The number of piperidine rings is 1. The van der Waals surface area contributed by atoms with Crippen LogP contribution in [0.15, 0.2) is 54.7 Å². The van der Waals surface area contributed by atoms with Crippen LogP contribution >= 0.6 is 11.3 Å². The van der Waals surface area contributed by atoms with E-state index in [1.54, 1.807) is 23.2 Å². The molecule has 0 bridgehead atoms. The van der Waals surface area contributed by atoms with Gasteiger partial charge in [0.25, 0.3) is 5.91 Å². The Kier molecular flexibility index (Phi) is 7.29. The zero-order chi connectivity index (χ0) is 23.2. The van der Waals surface area contributed by atoms with Crippen LogP contribution in [-0.2, 0) is 16.0 Å². The molecule has 2 aromatic carbocycles. The number of likely N-dealkylation sites (tertiary alicyclic amines) is 1. The van der Waals surface area contributed by atoms with Crippen LogP contribution in [0.3, 0.4) is 0 Å². The fourth-order valence-corrected chi connectivity index (χ4v) is 4.49. The maximum absolute atomic E-state index is 13.9. The van der Waals surface area contributed by atoms with E-state index in [1.807, 2.05) is 18.2 Å². The molecule has 2 heterocycles. The Balaban J connectivity index is 1.23. The second kappa shape index (κ2) is 10.5. The third kappa shape index (κ3) is 6.13. The predicted octanol–water partition coefficient (Wildman–Crippen LogP) is 4.27. The van der Waals surface area contributed by atoms with Crippen LogP contribution in [0.5, 0.6) is 5.75 Å². The SMILES string of the molecule is O=C(Nc1ncc(Cc2ccc(F)cc2F)s1)C1CCN(C(=O)COc2ccccc2)CC1. The molecule has 1 fully saturated rings. The third-order valence-corrected chi connectivity index (χ3v) is 6.40. The van der Waals surface area contributed by atoms with Crippen molar-refractivity contribution in [3.63, 3.8) is 0 Å². The van der Waals surface area contributed by atoms with E-state index in [2.05, 4.69) is 10.3 Å². The number of nitrogens with one attached hydrogen (secondary N) is 1. The van der Waals surface area contributed by atoms with Gasteiger partial charge in [-0.05, 0) is 36.6 Å². The van der Waals surface area contributed by atoms with E-state index in [-0.39, 0.29) is 30.8 Å². The third-order valence-electron chi connectivity index (χ3n) is 5.49. The number of para-hydroxylation sites is 1. The van der Waals surface area contributed by atoms with Crippen molar-refractivity contribution in [2.75, 3.05) is 25.0 Å². The normalized spacial score (nSPS) is 14.2. The molecule has 172 valence electrons. The highest BCUT2D eigenvalue weighted by atomic mass is 32.1. The Hall–Kier alpha value is -3.33. The van der Waals surface area contributed by atoms with Crippen LogP contribution in [-0.4, -0.2) is 41.4 Å². The lowest BCUT2D eigenvalue weighted by Crippen LogP contribution is -2.43. The smallest absolute Gasteiger partial charge is 0.260 e. The summed E-state index contributed by atoms with van der Waals surface area (Å²) >= 11 is 1.26. The van der Waals surface area contributed by atoms with Crippen molar-refractivity contribution in [3.05, 3.63) is 76.8 Å². The number of carbonyl (C=O) groups is 2. The number of nitrogens with zero attached hydrogens (tertiary/aromatic N) is 2. The van der Waals surface area contributed by atoms with Gasteiger partial charge in [-0.25, -0.2) is 13.8 Å². The van der Waals surface area contributed by atoms with Crippen LogP contribution < -0.4 is 10.1 Å². The molecule has 33 heavy (non-hydrogen) atoms. The number of amides is 2. The summed E-state index contributed by atoms with van der Waals surface area (Å²) in [7, 11) is 0. The number of benzene rings is 2. The Morgan fingerprint density at radius 1 is 1.12 bits per heavy atom. The van der Waals surface area contributed by atoms with Gasteiger partial charge in [0.1, 0.15) is 17.4 Å². The molecule has 0 atom stereocenters. The van der Waals surface area contributed by atoms with Crippen LogP contribution in [0.1, 0.15) is 23.3 Å². The molecule has 1 N–H and O–H groups in total. The van der Waals surface area contributed by atoms with Crippen molar-refractivity contribution in [2.45, 2.75) is 19.3 Å². The van der Waals surface area contributed by atoms with Crippen molar-refractivity contribution in [3.8, 4) is 5.75 Å². The number of anilines is 1. The topological polar surface area (TPSA) is 71.5 Å². The summed E-state index contributed by atoms with van der Waals surface area (Å²) < 4.78 is 32.4. The van der Waals surface area contributed by atoms with E-state index in [1.165, 1.54) is 23.5 Å². The minimum atomic E-state index is -0.620. The second-order valence-corrected chi connectivity index (χ2v) is 8.91. The van der Waals surface area contributed by atoms with Gasteiger partial charge in [0.05, 0.1) is 0 Å².